The van der Waals surface area contributed by atoms with Gasteiger partial charge < -0.3 is 10.5 Å². The van der Waals surface area contributed by atoms with E-state index in [0.717, 1.165) is 12.8 Å². The number of hydrogen-bond acceptors (Lipinski definition) is 2. The third-order valence-corrected chi connectivity index (χ3v) is 2.62. The van der Waals surface area contributed by atoms with Crippen LogP contribution in [0.1, 0.15) is 33.1 Å². The predicted molar refractivity (Wildman–Crippen MR) is 51.7 cm³/mol. The molecule has 12 heavy (non-hydrogen) atoms. The molecule has 0 saturated heterocycles. The Morgan fingerprint density at radius 3 is 2.25 bits per heavy atom. The van der Waals surface area contributed by atoms with E-state index in [4.69, 9.17) is 16.9 Å². The van der Waals surface area contributed by atoms with Crippen molar-refractivity contribution in [3.05, 3.63) is 0 Å². The van der Waals surface area contributed by atoms with Crippen LogP contribution in [0.15, 0.2) is 0 Å². The molecule has 0 aliphatic rings. The summed E-state index contributed by atoms with van der Waals surface area (Å²) in [4.78, 5) is 0. The van der Waals surface area contributed by atoms with Gasteiger partial charge in [0, 0.05) is 19.6 Å². The molecule has 0 aromatic heterocycles. The maximum atomic E-state index is 5.93. The fourth-order valence-electron chi connectivity index (χ4n) is 1.53. The third kappa shape index (κ3) is 2.23. The molecule has 0 aromatic rings. The average molecular weight is 169 g/mol. The second-order valence-electron chi connectivity index (χ2n) is 2.99. The third-order valence-electron chi connectivity index (χ3n) is 2.62. The van der Waals surface area contributed by atoms with E-state index in [9.17, 15) is 0 Å². The molecular formula is C10H19NO. The first-order valence-electron chi connectivity index (χ1n) is 4.41. The quantitative estimate of drug-likeness (QED) is 0.634. The molecule has 0 bridgehead atoms. The Bertz CT molecular complexity index is 147. The van der Waals surface area contributed by atoms with E-state index in [1.165, 1.54) is 0 Å². The van der Waals surface area contributed by atoms with Crippen LogP contribution >= 0.6 is 0 Å². The lowest BCUT2D eigenvalue weighted by atomic mass is 9.87. The van der Waals surface area contributed by atoms with Crippen molar-refractivity contribution in [2.75, 3.05) is 7.11 Å². The van der Waals surface area contributed by atoms with E-state index in [2.05, 4.69) is 19.8 Å². The van der Waals surface area contributed by atoms with Crippen LogP contribution in [-0.4, -0.2) is 18.8 Å². The van der Waals surface area contributed by atoms with Gasteiger partial charge >= 0.3 is 0 Å². The predicted octanol–water partition coefficient (Wildman–Crippen LogP) is 1.54. The lowest BCUT2D eigenvalue weighted by Crippen LogP contribution is -2.48. The standard InChI is InChI=1S/C10H19NO/c1-5-8-9(11)10(6-2,7-3)12-4/h1,9H,6-8,11H2,2-4H3. The van der Waals surface area contributed by atoms with Gasteiger partial charge in [0.15, 0.2) is 0 Å². The number of terminal acetylenes is 1. The van der Waals surface area contributed by atoms with Crippen LogP contribution in [0, 0.1) is 12.3 Å². The highest BCUT2D eigenvalue weighted by atomic mass is 16.5. The number of ether oxygens (including phenoxy) is 1. The van der Waals surface area contributed by atoms with Crippen LogP contribution < -0.4 is 5.73 Å². The second-order valence-corrected chi connectivity index (χ2v) is 2.99. The molecule has 70 valence electrons. The Hall–Kier alpha value is -0.520. The molecule has 0 aromatic carbocycles. The topological polar surface area (TPSA) is 35.2 Å². The Morgan fingerprint density at radius 1 is 1.50 bits per heavy atom. The lowest BCUT2D eigenvalue weighted by Gasteiger charge is -2.35. The number of methoxy groups -OCH3 is 1. The number of rotatable bonds is 5. The van der Waals surface area contributed by atoms with Gasteiger partial charge in [0.25, 0.3) is 0 Å². The van der Waals surface area contributed by atoms with Crippen LogP contribution in [0.5, 0.6) is 0 Å². The zero-order valence-corrected chi connectivity index (χ0v) is 8.26. The molecule has 0 spiro atoms. The molecule has 0 radical (unpaired) electrons. The molecular weight excluding hydrogens is 150 g/mol. The van der Waals surface area contributed by atoms with Gasteiger partial charge in [-0.1, -0.05) is 13.8 Å². The van der Waals surface area contributed by atoms with Gasteiger partial charge in [-0.05, 0) is 12.8 Å². The van der Waals surface area contributed by atoms with Gasteiger partial charge in [0.05, 0.1) is 5.60 Å². The van der Waals surface area contributed by atoms with Crippen LogP contribution in [0.4, 0.5) is 0 Å². The fraction of sp³-hybridized carbons (Fsp3) is 0.800. The lowest BCUT2D eigenvalue weighted by molar-refractivity contribution is -0.0363. The molecule has 2 nitrogen and oxygen atoms in total. The molecule has 0 saturated carbocycles. The van der Waals surface area contributed by atoms with Crippen molar-refractivity contribution < 1.29 is 4.74 Å². The van der Waals surface area contributed by atoms with Crippen LogP contribution in [0.3, 0.4) is 0 Å². The van der Waals surface area contributed by atoms with Crippen molar-refractivity contribution in [1.29, 1.82) is 0 Å². The second kappa shape index (κ2) is 5.18. The zero-order chi connectivity index (χ0) is 9.61. The first kappa shape index (κ1) is 11.5. The van der Waals surface area contributed by atoms with Crippen LogP contribution in [0.25, 0.3) is 0 Å². The van der Waals surface area contributed by atoms with Crippen LogP contribution in [-0.2, 0) is 4.74 Å². The minimum absolute atomic E-state index is 0.0532. The van der Waals surface area contributed by atoms with Gasteiger partial charge in [-0.15, -0.1) is 12.3 Å². The summed E-state index contributed by atoms with van der Waals surface area (Å²) in [7, 11) is 1.70. The zero-order valence-electron chi connectivity index (χ0n) is 8.26. The largest absolute Gasteiger partial charge is 0.377 e. The van der Waals surface area contributed by atoms with E-state index in [1.54, 1.807) is 7.11 Å². The summed E-state index contributed by atoms with van der Waals surface area (Å²) >= 11 is 0. The van der Waals surface area contributed by atoms with Gasteiger partial charge in [-0.3, -0.25) is 0 Å². The number of hydrogen-bond donors (Lipinski definition) is 1. The molecule has 2 heteroatoms. The average Bonchev–Trinajstić information content (AvgIpc) is 2.09. The summed E-state index contributed by atoms with van der Waals surface area (Å²) in [5.74, 6) is 2.57. The van der Waals surface area contributed by atoms with Gasteiger partial charge in [-0.25, -0.2) is 0 Å². The molecule has 0 rings (SSSR count). The molecule has 0 heterocycles. The molecule has 1 unspecified atom stereocenters. The smallest absolute Gasteiger partial charge is 0.0832 e. The van der Waals surface area contributed by atoms with Gasteiger partial charge in [0.2, 0.25) is 0 Å². The Labute approximate surface area is 75.5 Å². The molecule has 0 fully saturated rings. The van der Waals surface area contributed by atoms with E-state index < -0.39 is 0 Å². The monoisotopic (exact) mass is 169 g/mol. The van der Waals surface area contributed by atoms with E-state index >= 15 is 0 Å². The minimum atomic E-state index is -0.230. The fourth-order valence-corrected chi connectivity index (χ4v) is 1.53. The van der Waals surface area contributed by atoms with Crippen molar-refractivity contribution in [3.8, 4) is 12.3 Å². The van der Waals surface area contributed by atoms with E-state index in [1.807, 2.05) is 0 Å². The normalized spacial score (nSPS) is 13.9. The van der Waals surface area contributed by atoms with Crippen LogP contribution in [0.2, 0.25) is 0 Å². The summed E-state index contributed by atoms with van der Waals surface area (Å²) in [5.41, 5.74) is 5.70. The molecule has 0 aliphatic carbocycles. The highest BCUT2D eigenvalue weighted by Gasteiger charge is 2.32. The van der Waals surface area contributed by atoms with Gasteiger partial charge in [0.1, 0.15) is 0 Å². The van der Waals surface area contributed by atoms with Crippen molar-refractivity contribution in [2.45, 2.75) is 44.8 Å². The maximum absolute atomic E-state index is 5.93. The first-order valence-corrected chi connectivity index (χ1v) is 4.41. The minimum Gasteiger partial charge on any atom is -0.377 e. The maximum Gasteiger partial charge on any atom is 0.0832 e. The van der Waals surface area contributed by atoms with Crippen molar-refractivity contribution in [1.82, 2.24) is 0 Å². The highest BCUT2D eigenvalue weighted by Crippen LogP contribution is 2.24. The summed E-state index contributed by atoms with van der Waals surface area (Å²) in [5, 5.41) is 0. The highest BCUT2D eigenvalue weighted by molar-refractivity contribution is 4.98. The van der Waals surface area contributed by atoms with Crippen molar-refractivity contribution in [2.24, 2.45) is 5.73 Å². The summed E-state index contributed by atoms with van der Waals surface area (Å²) in [6, 6.07) is -0.0532. The summed E-state index contributed by atoms with van der Waals surface area (Å²) in [6.07, 6.45) is 7.59. The molecule has 0 amide bonds. The van der Waals surface area contributed by atoms with E-state index in [0.29, 0.717) is 6.42 Å². The first-order chi connectivity index (χ1) is 5.66. The molecule has 2 N–H and O–H groups in total. The summed E-state index contributed by atoms with van der Waals surface area (Å²) < 4.78 is 5.43. The Balaban J connectivity index is 4.37. The molecule has 0 aliphatic heterocycles. The van der Waals surface area contributed by atoms with Gasteiger partial charge in [-0.2, -0.15) is 0 Å². The van der Waals surface area contributed by atoms with Crippen molar-refractivity contribution >= 4 is 0 Å². The molecule has 1 atom stereocenters. The summed E-state index contributed by atoms with van der Waals surface area (Å²) in [6.45, 7) is 4.15. The van der Waals surface area contributed by atoms with E-state index in [-0.39, 0.29) is 11.6 Å². The number of nitrogens with two attached hydrogens (primary N) is 1. The Kier molecular flexibility index (Phi) is 4.96. The van der Waals surface area contributed by atoms with Crippen molar-refractivity contribution in [3.63, 3.8) is 0 Å². The SMILES string of the molecule is C#CCC(N)C(CC)(CC)OC. The Morgan fingerprint density at radius 2 is 2.00 bits per heavy atom.